The van der Waals surface area contributed by atoms with E-state index in [2.05, 4.69) is 11.1 Å². The van der Waals surface area contributed by atoms with Crippen LogP contribution in [0.3, 0.4) is 0 Å². The Labute approximate surface area is 257 Å². The van der Waals surface area contributed by atoms with Gasteiger partial charge in [-0.25, -0.2) is 4.79 Å². The third kappa shape index (κ3) is 7.22. The number of nitrogens with two attached hydrogens (primary N) is 2. The highest BCUT2D eigenvalue weighted by Crippen LogP contribution is 2.38. The molecule has 0 saturated heterocycles. The maximum atomic E-state index is 10.7. The topological polar surface area (TPSA) is 150 Å². The lowest BCUT2D eigenvalue weighted by molar-refractivity contribution is -0.148. The van der Waals surface area contributed by atoms with Crippen molar-refractivity contribution >= 4 is 57.6 Å². The van der Waals surface area contributed by atoms with Gasteiger partial charge in [0.2, 0.25) is 12.7 Å². The molecule has 4 aromatic rings. The monoisotopic (exact) mass is 633 g/mol. The van der Waals surface area contributed by atoms with E-state index < -0.39 is 17.4 Å². The first-order valence-electron chi connectivity index (χ1n) is 12.9. The average molecular weight is 635 g/mol. The number of hydrogen-bond acceptors (Lipinski definition) is 6. The summed E-state index contributed by atoms with van der Waals surface area (Å²) in [5.41, 5.74) is 12.1. The molecule has 9 nitrogen and oxygen atoms in total. The number of carbonyl (C=O) groups excluding carboxylic acids is 1. The number of primary amides is 1. The fourth-order valence-corrected chi connectivity index (χ4v) is 5.15. The van der Waals surface area contributed by atoms with Crippen LogP contribution in [-0.2, 0) is 22.6 Å². The van der Waals surface area contributed by atoms with Crippen molar-refractivity contribution in [3.8, 4) is 17.2 Å². The molecule has 3 aromatic carbocycles. The van der Waals surface area contributed by atoms with Crippen molar-refractivity contribution in [3.63, 3.8) is 0 Å². The van der Waals surface area contributed by atoms with Crippen molar-refractivity contribution in [2.45, 2.75) is 38.8 Å². The molecule has 2 heterocycles. The largest absolute Gasteiger partial charge is 0.489 e. The van der Waals surface area contributed by atoms with Gasteiger partial charge in [0.05, 0.1) is 0 Å². The van der Waals surface area contributed by atoms with Crippen molar-refractivity contribution in [1.82, 2.24) is 4.98 Å². The van der Waals surface area contributed by atoms with Crippen molar-refractivity contribution in [2.75, 3.05) is 6.79 Å². The standard InChI is InChI=1S/C23H16Cl3NO3.C7H14N2O3/c24-18-2-1-3-19(25)17(18)11-28-16-4-5-21-14(8-16)7-15(27-21)6-13-9-22-23(10-20(13)26)30-12-29-22;1-4(2)3-7(9,5(8)10)6(11)12/h1-5,7-10,27H,6,11-12H2;4H,3,9H2,1-2H3,(H2,8,10)(H,11,12)/t;7-/m.0/s1. The zero-order chi connectivity index (χ0) is 30.6. The second-order valence-corrected chi connectivity index (χ2v) is 11.5. The molecule has 1 amide bonds. The minimum Gasteiger partial charge on any atom is -0.489 e. The Morgan fingerprint density at radius 3 is 2.29 bits per heavy atom. The lowest BCUT2D eigenvalue weighted by atomic mass is 9.89. The van der Waals surface area contributed by atoms with E-state index in [1.807, 2.05) is 30.3 Å². The van der Waals surface area contributed by atoms with Gasteiger partial charge in [-0.05, 0) is 60.4 Å². The number of hydrogen-bond donors (Lipinski definition) is 4. The van der Waals surface area contributed by atoms with Crippen LogP contribution >= 0.6 is 34.8 Å². The summed E-state index contributed by atoms with van der Waals surface area (Å²) in [6.07, 6.45) is 0.702. The molecule has 6 N–H and O–H groups in total. The minimum atomic E-state index is -1.92. The number of benzene rings is 3. The molecule has 1 aliphatic rings. The van der Waals surface area contributed by atoms with E-state index in [0.717, 1.165) is 39.2 Å². The van der Waals surface area contributed by atoms with Crippen molar-refractivity contribution < 1.29 is 28.9 Å². The molecule has 0 spiro atoms. The van der Waals surface area contributed by atoms with Crippen LogP contribution in [0.25, 0.3) is 10.9 Å². The van der Waals surface area contributed by atoms with Gasteiger partial charge in [-0.1, -0.05) is 54.7 Å². The van der Waals surface area contributed by atoms with Gasteiger partial charge in [0.1, 0.15) is 12.4 Å². The Bertz CT molecular complexity index is 1590. The molecule has 0 saturated carbocycles. The van der Waals surface area contributed by atoms with E-state index in [1.54, 1.807) is 32.0 Å². The van der Waals surface area contributed by atoms with Gasteiger partial charge in [0.15, 0.2) is 17.0 Å². The first kappa shape index (κ1) is 31.3. The maximum absolute atomic E-state index is 10.7. The van der Waals surface area contributed by atoms with E-state index in [9.17, 15) is 9.59 Å². The second-order valence-electron chi connectivity index (χ2n) is 10.2. The van der Waals surface area contributed by atoms with Gasteiger partial charge >= 0.3 is 5.97 Å². The third-order valence-corrected chi connectivity index (χ3v) is 7.63. The molecular formula is C30H30Cl3N3O6. The summed E-state index contributed by atoms with van der Waals surface area (Å²) in [5, 5.41) is 11.5. The molecule has 222 valence electrons. The normalized spacial score (nSPS) is 13.4. The highest BCUT2D eigenvalue weighted by atomic mass is 35.5. The molecule has 0 unspecified atom stereocenters. The summed E-state index contributed by atoms with van der Waals surface area (Å²) in [6.45, 7) is 4.07. The van der Waals surface area contributed by atoms with Gasteiger partial charge in [-0.3, -0.25) is 4.79 Å². The number of amides is 1. The summed E-state index contributed by atoms with van der Waals surface area (Å²) in [7, 11) is 0. The molecule has 12 heteroatoms. The molecule has 42 heavy (non-hydrogen) atoms. The van der Waals surface area contributed by atoms with E-state index in [4.69, 9.17) is 65.6 Å². The van der Waals surface area contributed by atoms with Crippen molar-refractivity contribution in [2.24, 2.45) is 17.4 Å². The molecule has 0 radical (unpaired) electrons. The van der Waals surface area contributed by atoms with Crippen LogP contribution in [-0.4, -0.2) is 34.3 Å². The van der Waals surface area contributed by atoms with Crippen LogP contribution in [0.2, 0.25) is 15.1 Å². The molecule has 1 aromatic heterocycles. The summed E-state index contributed by atoms with van der Waals surface area (Å²) < 4.78 is 16.8. The number of aliphatic carboxylic acids is 1. The Morgan fingerprint density at radius 2 is 1.69 bits per heavy atom. The number of nitrogens with one attached hydrogen (secondary N) is 1. The zero-order valence-electron chi connectivity index (χ0n) is 22.9. The fraction of sp³-hybridized carbons (Fsp3) is 0.267. The van der Waals surface area contributed by atoms with Gasteiger partial charge in [-0.2, -0.15) is 0 Å². The molecule has 0 aliphatic carbocycles. The number of halogens is 3. The first-order chi connectivity index (χ1) is 19.9. The maximum Gasteiger partial charge on any atom is 0.333 e. The zero-order valence-corrected chi connectivity index (χ0v) is 25.1. The molecule has 1 aliphatic heterocycles. The Hall–Kier alpha value is -3.63. The Morgan fingerprint density at radius 1 is 1.02 bits per heavy atom. The summed E-state index contributed by atoms with van der Waals surface area (Å²) in [5.74, 6) is -0.212. The van der Waals surface area contributed by atoms with Crippen molar-refractivity contribution in [3.05, 3.63) is 86.5 Å². The van der Waals surface area contributed by atoms with Crippen LogP contribution in [0.4, 0.5) is 0 Å². The number of aromatic nitrogens is 1. The molecular weight excluding hydrogens is 605 g/mol. The summed E-state index contributed by atoms with van der Waals surface area (Å²) in [6, 6.07) is 17.1. The summed E-state index contributed by atoms with van der Waals surface area (Å²) >= 11 is 18.9. The quantitative estimate of drug-likeness (QED) is 0.157. The number of H-pyrrole nitrogens is 1. The Kier molecular flexibility index (Phi) is 9.78. The SMILES string of the molecule is CC(C)C[C@](N)(C(N)=O)C(=O)O.Clc1cc2c(cc1Cc1cc3cc(OCc4c(Cl)cccc4Cl)ccc3[nH]1)OCO2. The molecule has 0 bridgehead atoms. The van der Waals surface area contributed by atoms with Gasteiger partial charge in [-0.15, -0.1) is 0 Å². The highest BCUT2D eigenvalue weighted by Gasteiger charge is 2.40. The fourth-order valence-electron chi connectivity index (χ4n) is 4.42. The molecule has 0 fully saturated rings. The van der Waals surface area contributed by atoms with E-state index in [-0.39, 0.29) is 19.1 Å². The van der Waals surface area contributed by atoms with E-state index in [0.29, 0.717) is 33.8 Å². The Balaban J connectivity index is 0.000000288. The first-order valence-corrected chi connectivity index (χ1v) is 14.1. The molecule has 5 rings (SSSR count). The minimum absolute atomic E-state index is 0.0126. The van der Waals surface area contributed by atoms with Gasteiger partial charge in [0.25, 0.3) is 0 Å². The smallest absolute Gasteiger partial charge is 0.333 e. The lowest BCUT2D eigenvalue weighted by Crippen LogP contribution is -2.58. The summed E-state index contributed by atoms with van der Waals surface area (Å²) in [4.78, 5) is 24.7. The van der Waals surface area contributed by atoms with E-state index >= 15 is 0 Å². The van der Waals surface area contributed by atoms with Crippen LogP contribution < -0.4 is 25.7 Å². The number of carboxylic acid groups (broad SMARTS) is 1. The van der Waals surface area contributed by atoms with Gasteiger partial charge in [0, 0.05) is 49.7 Å². The van der Waals surface area contributed by atoms with Crippen LogP contribution in [0.15, 0.2) is 54.6 Å². The number of carbonyl (C=O) groups is 2. The number of rotatable bonds is 9. The molecule has 1 atom stereocenters. The number of aromatic amines is 1. The highest BCUT2D eigenvalue weighted by molar-refractivity contribution is 6.36. The van der Waals surface area contributed by atoms with Crippen LogP contribution in [0.5, 0.6) is 17.2 Å². The van der Waals surface area contributed by atoms with E-state index in [1.165, 1.54) is 0 Å². The second kappa shape index (κ2) is 13.1. The number of ether oxygens (including phenoxy) is 3. The number of carboxylic acids is 1. The van der Waals surface area contributed by atoms with Crippen molar-refractivity contribution in [1.29, 1.82) is 0 Å². The van der Waals surface area contributed by atoms with Crippen LogP contribution in [0, 0.1) is 5.92 Å². The van der Waals surface area contributed by atoms with Gasteiger partial charge < -0.3 is 35.8 Å². The number of fused-ring (bicyclic) bond motifs is 2. The van der Waals surface area contributed by atoms with Crippen LogP contribution in [0.1, 0.15) is 37.1 Å². The average Bonchev–Trinajstić information content (AvgIpc) is 3.54. The third-order valence-electron chi connectivity index (χ3n) is 6.57. The predicted octanol–water partition coefficient (Wildman–Crippen LogP) is 6.33. The predicted molar refractivity (Wildman–Crippen MR) is 163 cm³/mol. The lowest BCUT2D eigenvalue weighted by Gasteiger charge is -2.22.